The normalized spacial score (nSPS) is 15.7. The van der Waals surface area contributed by atoms with Crippen molar-refractivity contribution in [2.45, 2.75) is 89.6 Å². The van der Waals surface area contributed by atoms with Crippen molar-refractivity contribution in [3.63, 3.8) is 0 Å². The van der Waals surface area contributed by atoms with E-state index in [4.69, 9.17) is 15.2 Å². The van der Waals surface area contributed by atoms with Crippen molar-refractivity contribution in [2.75, 3.05) is 6.61 Å². The van der Waals surface area contributed by atoms with Crippen LogP contribution in [0.15, 0.2) is 57.8 Å². The van der Waals surface area contributed by atoms with E-state index in [1.54, 1.807) is 0 Å². The van der Waals surface area contributed by atoms with Crippen molar-refractivity contribution in [1.82, 2.24) is 0 Å². The fourth-order valence-electron chi connectivity index (χ4n) is 6.42. The molecule has 1 atom stereocenters. The van der Waals surface area contributed by atoms with E-state index in [2.05, 4.69) is 63.3 Å². The van der Waals surface area contributed by atoms with Gasteiger partial charge in [0.05, 0.1) is 12.3 Å². The minimum atomic E-state index is -0.985. The van der Waals surface area contributed by atoms with Crippen LogP contribution in [0.2, 0.25) is 0 Å². The number of ether oxygens (including phenoxy) is 2. The number of rotatable bonds is 12. The predicted molar refractivity (Wildman–Crippen MR) is 175 cm³/mol. The SMILES string of the molecule is Cc1c(C)c(SN=C(N)CCCC[C@H](CC(=O)OCC2c3ccccc3-c3ccccc32)C(=O)O)c(C)c2c1OC(C)(C)C2. The fraction of sp³-hybridized carbons (Fsp3) is 0.417. The van der Waals surface area contributed by atoms with E-state index in [9.17, 15) is 14.7 Å². The van der Waals surface area contributed by atoms with Crippen molar-refractivity contribution in [3.8, 4) is 16.9 Å². The van der Waals surface area contributed by atoms with Crippen LogP contribution in [0.1, 0.15) is 85.3 Å². The first-order chi connectivity index (χ1) is 21.0. The van der Waals surface area contributed by atoms with Crippen LogP contribution in [0, 0.1) is 26.7 Å². The lowest BCUT2D eigenvalue weighted by molar-refractivity contribution is -0.152. The quantitative estimate of drug-likeness (QED) is 0.0707. The molecule has 3 aromatic carbocycles. The van der Waals surface area contributed by atoms with E-state index in [-0.39, 0.29) is 24.5 Å². The topological polar surface area (TPSA) is 111 Å². The van der Waals surface area contributed by atoms with Crippen LogP contribution in [-0.2, 0) is 20.7 Å². The highest BCUT2D eigenvalue weighted by Gasteiger charge is 2.34. The van der Waals surface area contributed by atoms with Gasteiger partial charge in [-0.3, -0.25) is 9.59 Å². The Balaban J connectivity index is 1.10. The molecule has 0 saturated carbocycles. The molecule has 3 N–H and O–H groups in total. The zero-order chi connectivity index (χ0) is 31.6. The summed E-state index contributed by atoms with van der Waals surface area (Å²) >= 11 is 1.40. The van der Waals surface area contributed by atoms with Gasteiger partial charge in [0.2, 0.25) is 0 Å². The number of carboxylic acid groups (broad SMARTS) is 1. The molecule has 3 aromatic rings. The molecule has 0 spiro atoms. The van der Waals surface area contributed by atoms with Crippen molar-refractivity contribution in [3.05, 3.63) is 81.9 Å². The maximum absolute atomic E-state index is 12.7. The number of fused-ring (bicyclic) bond motifs is 4. The second-order valence-corrected chi connectivity index (χ2v) is 13.4. The zero-order valence-corrected chi connectivity index (χ0v) is 27.1. The summed E-state index contributed by atoms with van der Waals surface area (Å²) in [5, 5.41) is 9.79. The Labute approximate surface area is 264 Å². The second kappa shape index (κ2) is 13.1. The molecular weight excluding hydrogens is 572 g/mol. The number of hydrogen-bond donors (Lipinski definition) is 2. The average Bonchev–Trinajstić information content (AvgIpc) is 3.50. The molecule has 1 aliphatic heterocycles. The van der Waals surface area contributed by atoms with Gasteiger partial charge < -0.3 is 20.3 Å². The summed E-state index contributed by atoms with van der Waals surface area (Å²) in [7, 11) is 0. The summed E-state index contributed by atoms with van der Waals surface area (Å²) in [5.74, 6) is -0.807. The third-order valence-electron chi connectivity index (χ3n) is 8.92. The Hall–Kier alpha value is -3.78. The molecule has 232 valence electrons. The van der Waals surface area contributed by atoms with Gasteiger partial charge in [0.15, 0.2) is 0 Å². The molecule has 0 bridgehead atoms. The Morgan fingerprint density at radius 2 is 1.66 bits per heavy atom. The number of nitrogens with zero attached hydrogens (tertiary/aromatic N) is 1. The van der Waals surface area contributed by atoms with Gasteiger partial charge >= 0.3 is 11.9 Å². The number of nitrogens with two attached hydrogens (primary N) is 1. The minimum Gasteiger partial charge on any atom is -0.487 e. The lowest BCUT2D eigenvalue weighted by Gasteiger charge is -2.18. The first kappa shape index (κ1) is 31.6. The fourth-order valence-corrected chi connectivity index (χ4v) is 7.27. The van der Waals surface area contributed by atoms with E-state index in [1.165, 1.54) is 23.1 Å². The molecular formula is C36H42N2O5S. The molecule has 0 fully saturated rings. The second-order valence-electron chi connectivity index (χ2n) is 12.6. The summed E-state index contributed by atoms with van der Waals surface area (Å²) in [5.41, 5.74) is 15.3. The Morgan fingerprint density at radius 3 is 2.30 bits per heavy atom. The number of amidine groups is 1. The van der Waals surface area contributed by atoms with Crippen molar-refractivity contribution in [2.24, 2.45) is 16.0 Å². The van der Waals surface area contributed by atoms with E-state index < -0.39 is 17.9 Å². The lowest BCUT2D eigenvalue weighted by atomic mass is 9.94. The molecule has 1 heterocycles. The minimum absolute atomic E-state index is 0.0526. The Bertz CT molecular complexity index is 1570. The first-order valence-electron chi connectivity index (χ1n) is 15.3. The highest BCUT2D eigenvalue weighted by atomic mass is 32.2. The van der Waals surface area contributed by atoms with Gasteiger partial charge in [0.25, 0.3) is 0 Å². The van der Waals surface area contributed by atoms with Crippen LogP contribution in [0.3, 0.4) is 0 Å². The summed E-state index contributed by atoms with van der Waals surface area (Å²) in [6.07, 6.45) is 2.95. The molecule has 5 rings (SSSR count). The third-order valence-corrected chi connectivity index (χ3v) is 10.0. The van der Waals surface area contributed by atoms with Gasteiger partial charge in [-0.05, 0) is 86.4 Å². The highest BCUT2D eigenvalue weighted by molar-refractivity contribution is 7.98. The number of hydrogen-bond acceptors (Lipinski definition) is 6. The molecule has 2 aliphatic rings. The zero-order valence-electron chi connectivity index (χ0n) is 26.2. The summed E-state index contributed by atoms with van der Waals surface area (Å²) in [6.45, 7) is 10.7. The maximum Gasteiger partial charge on any atom is 0.307 e. The van der Waals surface area contributed by atoms with Crippen LogP contribution in [0.5, 0.6) is 5.75 Å². The van der Waals surface area contributed by atoms with Gasteiger partial charge in [-0.25, -0.2) is 0 Å². The molecule has 8 heteroatoms. The monoisotopic (exact) mass is 614 g/mol. The standard InChI is InChI=1S/C36H42N2O5S/c1-21-22(2)34(23(3)29-19-36(4,5)43-33(21)29)44-38-31(37)17-11-6-12-24(35(40)41)18-32(39)42-20-30-27-15-9-7-13-25(27)26-14-8-10-16-28(26)30/h7-10,13-16,24,30H,6,11-12,17-20H2,1-5H3,(H2,37,38)(H,40,41)/t24-/m1/s1. The van der Waals surface area contributed by atoms with E-state index in [1.807, 2.05) is 24.3 Å². The number of benzene rings is 3. The first-order valence-corrected chi connectivity index (χ1v) is 16.1. The van der Waals surface area contributed by atoms with Crippen LogP contribution < -0.4 is 10.5 Å². The van der Waals surface area contributed by atoms with E-state index >= 15 is 0 Å². The molecule has 44 heavy (non-hydrogen) atoms. The van der Waals surface area contributed by atoms with Gasteiger partial charge in [0, 0.05) is 41.2 Å². The smallest absolute Gasteiger partial charge is 0.307 e. The summed E-state index contributed by atoms with van der Waals surface area (Å²) in [6, 6.07) is 16.3. The van der Waals surface area contributed by atoms with E-state index in [0.717, 1.165) is 50.4 Å². The Morgan fingerprint density at radius 1 is 1.02 bits per heavy atom. The van der Waals surface area contributed by atoms with Crippen LogP contribution in [0.4, 0.5) is 0 Å². The van der Waals surface area contributed by atoms with Crippen LogP contribution >= 0.6 is 11.9 Å². The van der Waals surface area contributed by atoms with Crippen molar-refractivity contribution >= 4 is 29.7 Å². The van der Waals surface area contributed by atoms with Gasteiger partial charge in [-0.15, -0.1) is 0 Å². The van der Waals surface area contributed by atoms with Gasteiger partial charge in [-0.1, -0.05) is 55.0 Å². The number of carbonyl (C=O) groups is 2. The van der Waals surface area contributed by atoms with Crippen molar-refractivity contribution in [1.29, 1.82) is 0 Å². The molecule has 0 aromatic heterocycles. The predicted octanol–water partition coefficient (Wildman–Crippen LogP) is 7.70. The summed E-state index contributed by atoms with van der Waals surface area (Å²) < 4.78 is 16.5. The van der Waals surface area contributed by atoms with Crippen LogP contribution in [-0.4, -0.2) is 35.1 Å². The summed E-state index contributed by atoms with van der Waals surface area (Å²) in [4.78, 5) is 25.8. The van der Waals surface area contributed by atoms with Gasteiger partial charge in [-0.2, -0.15) is 4.40 Å². The number of unbranched alkanes of at least 4 members (excludes halogenated alkanes) is 1. The molecule has 0 unspecified atom stereocenters. The number of esters is 1. The molecule has 0 radical (unpaired) electrons. The third kappa shape index (κ3) is 6.65. The lowest BCUT2D eigenvalue weighted by Crippen LogP contribution is -2.24. The van der Waals surface area contributed by atoms with Crippen LogP contribution in [0.25, 0.3) is 11.1 Å². The maximum atomic E-state index is 12.7. The number of aliphatic carboxylic acids is 1. The number of carbonyl (C=O) groups excluding carboxylic acids is 1. The highest BCUT2D eigenvalue weighted by Crippen LogP contribution is 2.46. The Kier molecular flexibility index (Phi) is 9.39. The number of carboxylic acids is 1. The van der Waals surface area contributed by atoms with Gasteiger partial charge in [0.1, 0.15) is 23.8 Å². The largest absolute Gasteiger partial charge is 0.487 e. The molecule has 7 nitrogen and oxygen atoms in total. The van der Waals surface area contributed by atoms with Crippen molar-refractivity contribution < 1.29 is 24.2 Å². The molecule has 0 amide bonds. The molecule has 0 saturated heterocycles. The average molecular weight is 615 g/mol. The molecule has 1 aliphatic carbocycles. The van der Waals surface area contributed by atoms with E-state index in [0.29, 0.717) is 31.5 Å².